The zero-order valence-electron chi connectivity index (χ0n) is 25.9. The number of piperidine rings is 1. The molecule has 2 fully saturated rings. The summed E-state index contributed by atoms with van der Waals surface area (Å²) in [7, 11) is 4.07. The number of nitrogens with zero attached hydrogens (tertiary/aromatic N) is 4. The number of thiophene rings is 1. The third-order valence-corrected chi connectivity index (χ3v) is 10.6. The number of ether oxygens (including phenoxy) is 1. The van der Waals surface area contributed by atoms with Crippen molar-refractivity contribution in [1.29, 1.82) is 0 Å². The lowest BCUT2D eigenvalue weighted by Crippen LogP contribution is -2.48. The average molecular weight is 701 g/mol. The number of rotatable bonds is 8. The van der Waals surface area contributed by atoms with E-state index in [0.717, 1.165) is 29.7 Å². The van der Waals surface area contributed by atoms with E-state index in [-0.39, 0.29) is 16.9 Å². The van der Waals surface area contributed by atoms with Crippen molar-refractivity contribution in [2.75, 3.05) is 33.8 Å². The molecule has 47 heavy (non-hydrogen) atoms. The van der Waals surface area contributed by atoms with Gasteiger partial charge in [0, 0.05) is 52.9 Å². The maximum atomic E-state index is 15.2. The number of carboxylic acid groups (broad SMARTS) is 2. The number of aliphatic hydroxyl groups excluding tert-OH is 2. The van der Waals surface area contributed by atoms with Crippen LogP contribution >= 0.6 is 22.9 Å². The monoisotopic (exact) mass is 700 g/mol. The molecule has 1 saturated heterocycles. The van der Waals surface area contributed by atoms with Gasteiger partial charge in [-0.1, -0.05) is 23.7 Å². The highest BCUT2D eigenvalue weighted by Crippen LogP contribution is 2.53. The highest BCUT2D eigenvalue weighted by atomic mass is 35.5. The fourth-order valence-corrected chi connectivity index (χ4v) is 7.74. The number of hydrogen-bond acceptors (Lipinski definition) is 9. The fraction of sp³-hybridized carbons (Fsp3) is 0.516. The van der Waals surface area contributed by atoms with E-state index in [9.17, 15) is 18.4 Å². The first-order valence-electron chi connectivity index (χ1n) is 14.9. The van der Waals surface area contributed by atoms with Crippen LogP contribution in [0.5, 0.6) is 0 Å². The minimum absolute atomic E-state index is 0.0196. The molecule has 1 aromatic carbocycles. The topological polar surface area (TPSA) is 149 Å². The Kier molecular flexibility index (Phi) is 9.83. The number of halogens is 4. The highest BCUT2D eigenvalue weighted by molar-refractivity contribution is 7.16. The van der Waals surface area contributed by atoms with Crippen molar-refractivity contribution < 1.29 is 47.9 Å². The summed E-state index contributed by atoms with van der Waals surface area (Å²) in [5.74, 6) is -6.83. The van der Waals surface area contributed by atoms with Crippen molar-refractivity contribution in [2.24, 2.45) is 0 Å². The number of para-hydroxylation sites is 1. The molecule has 0 bridgehead atoms. The van der Waals surface area contributed by atoms with Crippen LogP contribution in [-0.2, 0) is 37.9 Å². The lowest BCUT2D eigenvalue weighted by Gasteiger charge is -2.45. The van der Waals surface area contributed by atoms with Gasteiger partial charge in [0.25, 0.3) is 5.92 Å². The SMILES string of the molecule is Cc1nn(-c2c(F)cccc2C2(N(C)C)CC2)cc1CN1CCC2(CC1)OCC(F)(F)c1cc(Cl)sc12.O=C(O)C(O)C(O)C(=O)O. The molecule has 1 saturated carbocycles. The number of benzene rings is 1. The molecule has 2 unspecified atom stereocenters. The Hall–Kier alpha value is -3.05. The molecule has 6 rings (SSSR count). The fourth-order valence-electron chi connectivity index (χ4n) is 6.26. The van der Waals surface area contributed by atoms with Crippen molar-refractivity contribution >= 4 is 34.9 Å². The van der Waals surface area contributed by atoms with Crippen LogP contribution in [0, 0.1) is 12.7 Å². The predicted molar refractivity (Wildman–Crippen MR) is 166 cm³/mol. The second kappa shape index (κ2) is 13.1. The summed E-state index contributed by atoms with van der Waals surface area (Å²) in [5.41, 5.74) is 2.51. The molecule has 3 aromatic rings. The second-order valence-corrected chi connectivity index (χ2v) is 14.1. The maximum absolute atomic E-state index is 15.2. The van der Waals surface area contributed by atoms with Crippen LogP contribution in [-0.4, -0.2) is 97.9 Å². The maximum Gasteiger partial charge on any atom is 0.335 e. The molecule has 2 aliphatic heterocycles. The number of aromatic nitrogens is 2. The predicted octanol–water partition coefficient (Wildman–Crippen LogP) is 4.08. The average Bonchev–Trinajstić information content (AvgIpc) is 3.61. The minimum atomic E-state index is -3.01. The van der Waals surface area contributed by atoms with E-state index in [2.05, 4.69) is 9.80 Å². The van der Waals surface area contributed by atoms with Crippen LogP contribution in [0.2, 0.25) is 4.34 Å². The molecule has 256 valence electrons. The third kappa shape index (κ3) is 6.80. The van der Waals surface area contributed by atoms with Gasteiger partial charge in [-0.3, -0.25) is 9.80 Å². The summed E-state index contributed by atoms with van der Waals surface area (Å²) < 4.78 is 52.0. The van der Waals surface area contributed by atoms with E-state index >= 15 is 4.39 Å². The van der Waals surface area contributed by atoms with Crippen LogP contribution < -0.4 is 0 Å². The number of aryl methyl sites for hydroxylation is 1. The van der Waals surface area contributed by atoms with E-state index in [4.69, 9.17) is 41.9 Å². The molecule has 4 N–H and O–H groups in total. The Morgan fingerprint density at radius 2 is 1.70 bits per heavy atom. The van der Waals surface area contributed by atoms with E-state index in [1.54, 1.807) is 10.7 Å². The standard InChI is InChI=1S/C27H30ClF3N4OS.C4H6O6/c1-17-18(15-35(32-17)23-19(5-4-6-21(23)29)25(7-8-25)33(2)3)14-34-11-9-26(10-12-34)24-20(13-22(28)37-24)27(30,31)16-36-26;5-1(3(7)8)2(6)4(9)10/h4-6,13,15H,7-12,14,16H2,1-3H3;1-2,5-6H,(H,7,8)(H,9,10). The molecule has 2 atom stereocenters. The number of aliphatic carboxylic acids is 2. The van der Waals surface area contributed by atoms with Crippen LogP contribution in [0.3, 0.4) is 0 Å². The molecule has 1 spiro atoms. The van der Waals surface area contributed by atoms with Gasteiger partial charge in [0.05, 0.1) is 10.0 Å². The van der Waals surface area contributed by atoms with Crippen LogP contribution in [0.15, 0.2) is 30.5 Å². The molecule has 0 amide bonds. The Balaban J connectivity index is 0.000000378. The number of carbonyl (C=O) groups is 2. The molecular weight excluding hydrogens is 665 g/mol. The van der Waals surface area contributed by atoms with Gasteiger partial charge in [-0.15, -0.1) is 11.3 Å². The van der Waals surface area contributed by atoms with Gasteiger partial charge in [-0.05, 0) is 58.8 Å². The van der Waals surface area contributed by atoms with Crippen molar-refractivity contribution in [3.05, 3.63) is 67.9 Å². The van der Waals surface area contributed by atoms with E-state index in [1.165, 1.54) is 23.5 Å². The summed E-state index contributed by atoms with van der Waals surface area (Å²) >= 11 is 7.35. The molecule has 11 nitrogen and oxygen atoms in total. The van der Waals surface area contributed by atoms with E-state index < -0.39 is 42.3 Å². The zero-order chi connectivity index (χ0) is 34.5. The summed E-state index contributed by atoms with van der Waals surface area (Å²) in [6.07, 6.45) is 0.609. The quantitative estimate of drug-likeness (QED) is 0.271. The molecule has 3 aliphatic rings. The van der Waals surface area contributed by atoms with Gasteiger partial charge < -0.3 is 25.2 Å². The van der Waals surface area contributed by atoms with E-state index in [1.807, 2.05) is 33.3 Å². The lowest BCUT2D eigenvalue weighted by atomic mass is 9.84. The van der Waals surface area contributed by atoms with Gasteiger partial charge in [0.15, 0.2) is 12.2 Å². The van der Waals surface area contributed by atoms with Gasteiger partial charge >= 0.3 is 11.9 Å². The van der Waals surface area contributed by atoms with Crippen LogP contribution in [0.1, 0.15) is 52.9 Å². The summed E-state index contributed by atoms with van der Waals surface area (Å²) in [6, 6.07) is 6.66. The van der Waals surface area contributed by atoms with Gasteiger partial charge in [-0.2, -0.15) is 13.9 Å². The molecular formula is C31H36ClF3N4O7S. The number of fused-ring (bicyclic) bond motifs is 2. The Labute approximate surface area is 277 Å². The minimum Gasteiger partial charge on any atom is -0.479 e. The summed E-state index contributed by atoms with van der Waals surface area (Å²) in [4.78, 5) is 24.6. The molecule has 16 heteroatoms. The second-order valence-electron chi connectivity index (χ2n) is 12.4. The molecule has 1 aliphatic carbocycles. The first-order chi connectivity index (χ1) is 22.0. The van der Waals surface area contributed by atoms with Gasteiger partial charge in [0.1, 0.15) is 23.7 Å². The lowest BCUT2D eigenvalue weighted by molar-refractivity contribution is -0.182. The summed E-state index contributed by atoms with van der Waals surface area (Å²) in [6.45, 7) is 3.37. The smallest absolute Gasteiger partial charge is 0.335 e. The van der Waals surface area contributed by atoms with Crippen LogP contribution in [0.4, 0.5) is 13.2 Å². The van der Waals surface area contributed by atoms with Gasteiger partial charge in [-0.25, -0.2) is 18.7 Å². The number of hydrogen-bond donors (Lipinski definition) is 4. The first kappa shape index (κ1) is 35.3. The number of carboxylic acids is 2. The number of aliphatic hydroxyl groups is 2. The van der Waals surface area contributed by atoms with Crippen molar-refractivity contribution in [3.8, 4) is 5.69 Å². The normalized spacial score (nSPS) is 20.6. The zero-order valence-corrected chi connectivity index (χ0v) is 27.5. The number of alkyl halides is 2. The Bertz CT molecular complexity index is 1640. The molecule has 0 radical (unpaired) electrons. The Morgan fingerprint density at radius 3 is 2.26 bits per heavy atom. The van der Waals surface area contributed by atoms with Gasteiger partial charge in [0.2, 0.25) is 0 Å². The van der Waals surface area contributed by atoms with Crippen molar-refractivity contribution in [3.63, 3.8) is 0 Å². The van der Waals surface area contributed by atoms with E-state index in [0.29, 0.717) is 47.4 Å². The Morgan fingerprint density at radius 1 is 1.09 bits per heavy atom. The van der Waals surface area contributed by atoms with Crippen LogP contribution in [0.25, 0.3) is 5.69 Å². The van der Waals surface area contributed by atoms with Crippen molar-refractivity contribution in [1.82, 2.24) is 19.6 Å². The summed E-state index contributed by atoms with van der Waals surface area (Å²) in [5, 5.41) is 37.2. The highest BCUT2D eigenvalue weighted by Gasteiger charge is 2.52. The third-order valence-electron chi connectivity index (χ3n) is 9.20. The first-order valence-corrected chi connectivity index (χ1v) is 16.1. The molecule has 2 aromatic heterocycles. The van der Waals surface area contributed by atoms with Crippen molar-refractivity contribution in [2.45, 2.75) is 68.4 Å². The largest absolute Gasteiger partial charge is 0.479 e. The molecule has 4 heterocycles. The number of likely N-dealkylation sites (tertiary alicyclic amines) is 1.